The number of carboxylic acid groups (broad SMARTS) is 1. The van der Waals surface area contributed by atoms with Gasteiger partial charge in [0.1, 0.15) is 12.1 Å². The number of phosphoric acid groups is 1. The standard InChI is InChI=1S/C4H7O8P/c5-2(3(6)4(7)8)1-12-13(9,10)11/h2,5H,1H2,(H,7,8)(H2,9,10,11)/p-1. The first-order chi connectivity index (χ1) is 5.74. The normalized spacial score (nSPS) is 13.8. The zero-order chi connectivity index (χ0) is 10.6. The van der Waals surface area contributed by atoms with Crippen molar-refractivity contribution in [2.24, 2.45) is 0 Å². The monoisotopic (exact) mass is 213 g/mol. The molecule has 0 radical (unpaired) electrons. The quantitative estimate of drug-likeness (QED) is 0.319. The van der Waals surface area contributed by atoms with Gasteiger partial charge in [0.25, 0.3) is 0 Å². The van der Waals surface area contributed by atoms with E-state index in [0.717, 1.165) is 0 Å². The maximum absolute atomic E-state index is 10.3. The summed E-state index contributed by atoms with van der Waals surface area (Å²) in [6, 6.07) is 0. The molecule has 0 aromatic heterocycles. The molecule has 0 saturated heterocycles. The predicted molar refractivity (Wildman–Crippen MR) is 34.0 cm³/mol. The number of carbonyl (C=O) groups excluding carboxylic acids is 2. The first kappa shape index (κ1) is 12.2. The van der Waals surface area contributed by atoms with Gasteiger partial charge in [-0.1, -0.05) is 0 Å². The van der Waals surface area contributed by atoms with Crippen LogP contribution in [0.4, 0.5) is 0 Å². The summed E-state index contributed by atoms with van der Waals surface area (Å²) in [5.41, 5.74) is 0. The fraction of sp³-hybridized carbons (Fsp3) is 0.500. The molecule has 3 N–H and O–H groups in total. The smallest absolute Gasteiger partial charge is 0.469 e. The first-order valence-electron chi connectivity index (χ1n) is 2.87. The molecule has 0 saturated carbocycles. The number of ketones is 1. The molecule has 0 spiro atoms. The highest BCUT2D eigenvalue weighted by molar-refractivity contribution is 7.46. The van der Waals surface area contributed by atoms with Gasteiger partial charge in [-0.15, -0.1) is 0 Å². The summed E-state index contributed by atoms with van der Waals surface area (Å²) in [6.07, 6.45) is -2.14. The van der Waals surface area contributed by atoms with E-state index in [1.165, 1.54) is 0 Å². The van der Waals surface area contributed by atoms with Crippen molar-refractivity contribution in [3.05, 3.63) is 0 Å². The molecule has 0 aromatic carbocycles. The lowest BCUT2D eigenvalue weighted by atomic mass is 10.2. The Morgan fingerprint density at radius 2 is 1.92 bits per heavy atom. The molecule has 76 valence electrons. The van der Waals surface area contributed by atoms with E-state index >= 15 is 0 Å². The van der Waals surface area contributed by atoms with Crippen LogP contribution >= 0.6 is 7.82 Å². The third-order valence-corrected chi connectivity index (χ3v) is 1.39. The Labute approximate surface area is 72.0 Å². The maximum atomic E-state index is 10.3. The minimum atomic E-state index is -4.82. The average Bonchev–Trinajstić information content (AvgIpc) is 1.97. The number of aliphatic carboxylic acids is 1. The van der Waals surface area contributed by atoms with Crippen LogP contribution in [0.15, 0.2) is 0 Å². The fourth-order valence-corrected chi connectivity index (χ4v) is 0.715. The van der Waals surface area contributed by atoms with Gasteiger partial charge in [-0.05, 0) is 0 Å². The average molecular weight is 213 g/mol. The highest BCUT2D eigenvalue weighted by Gasteiger charge is 2.21. The van der Waals surface area contributed by atoms with E-state index < -0.39 is 32.3 Å². The number of aliphatic hydroxyl groups is 1. The second-order valence-corrected chi connectivity index (χ2v) is 3.19. The van der Waals surface area contributed by atoms with E-state index in [1.54, 1.807) is 0 Å². The van der Waals surface area contributed by atoms with Gasteiger partial charge < -0.3 is 24.8 Å². The Balaban J connectivity index is 4.03. The van der Waals surface area contributed by atoms with Crippen molar-refractivity contribution in [2.45, 2.75) is 6.10 Å². The first-order valence-corrected chi connectivity index (χ1v) is 4.40. The van der Waals surface area contributed by atoms with Gasteiger partial charge in [0.05, 0.1) is 6.61 Å². The summed E-state index contributed by atoms with van der Waals surface area (Å²) in [7, 11) is -4.82. The summed E-state index contributed by atoms with van der Waals surface area (Å²) in [5, 5.41) is 18.4. The van der Waals surface area contributed by atoms with E-state index in [9.17, 15) is 19.3 Å². The van der Waals surface area contributed by atoms with Crippen molar-refractivity contribution < 1.29 is 38.7 Å². The van der Waals surface area contributed by atoms with Crippen molar-refractivity contribution in [3.63, 3.8) is 0 Å². The Morgan fingerprint density at radius 3 is 2.23 bits per heavy atom. The van der Waals surface area contributed by atoms with E-state index in [2.05, 4.69) is 4.52 Å². The lowest BCUT2D eigenvalue weighted by Gasteiger charge is -2.10. The van der Waals surface area contributed by atoms with Gasteiger partial charge in [0, 0.05) is 0 Å². The van der Waals surface area contributed by atoms with Crippen LogP contribution in [0.1, 0.15) is 0 Å². The second kappa shape index (κ2) is 4.45. The molecule has 0 aliphatic carbocycles. The fourth-order valence-electron chi connectivity index (χ4n) is 0.379. The molecule has 0 bridgehead atoms. The van der Waals surface area contributed by atoms with Crippen molar-refractivity contribution in [2.75, 3.05) is 6.61 Å². The Morgan fingerprint density at radius 1 is 1.46 bits per heavy atom. The Bertz CT molecular complexity index is 253. The van der Waals surface area contributed by atoms with Crippen molar-refractivity contribution in [1.29, 1.82) is 0 Å². The number of Topliss-reactive ketones (excluding diaryl/α,β-unsaturated/α-hetero) is 1. The van der Waals surface area contributed by atoms with Crippen LogP contribution in [0.3, 0.4) is 0 Å². The zero-order valence-corrected chi connectivity index (χ0v) is 7.01. The Hall–Kier alpha value is -0.790. The van der Waals surface area contributed by atoms with Crippen LogP contribution in [0.5, 0.6) is 0 Å². The van der Waals surface area contributed by atoms with Crippen molar-refractivity contribution in [3.8, 4) is 0 Å². The maximum Gasteiger partial charge on any atom is 0.469 e. The van der Waals surface area contributed by atoms with Crippen LogP contribution in [0.2, 0.25) is 0 Å². The van der Waals surface area contributed by atoms with Crippen molar-refractivity contribution >= 4 is 19.6 Å². The van der Waals surface area contributed by atoms with Crippen molar-refractivity contribution in [1.82, 2.24) is 0 Å². The van der Waals surface area contributed by atoms with Crippen LogP contribution in [0, 0.1) is 0 Å². The summed E-state index contributed by atoms with van der Waals surface area (Å²) in [6.45, 7) is -1.10. The lowest BCUT2D eigenvalue weighted by Crippen LogP contribution is -2.41. The highest BCUT2D eigenvalue weighted by atomic mass is 31.2. The van der Waals surface area contributed by atoms with Gasteiger partial charge in [-0.3, -0.25) is 9.32 Å². The topological polar surface area (TPSA) is 144 Å². The van der Waals surface area contributed by atoms with Gasteiger partial charge in [-0.25, -0.2) is 4.57 Å². The summed E-state index contributed by atoms with van der Waals surface area (Å²) in [4.78, 5) is 36.3. The second-order valence-electron chi connectivity index (χ2n) is 1.95. The summed E-state index contributed by atoms with van der Waals surface area (Å²) < 4.78 is 13.7. The van der Waals surface area contributed by atoms with Crippen LogP contribution < -0.4 is 5.11 Å². The van der Waals surface area contributed by atoms with Gasteiger partial charge >= 0.3 is 7.82 Å². The number of rotatable bonds is 5. The third kappa shape index (κ3) is 5.45. The molecule has 0 aliphatic heterocycles. The molecular weight excluding hydrogens is 207 g/mol. The largest absolute Gasteiger partial charge is 0.542 e. The molecule has 0 aliphatic rings. The molecule has 9 heteroatoms. The molecule has 1 atom stereocenters. The van der Waals surface area contributed by atoms with E-state index in [0.29, 0.717) is 0 Å². The molecule has 0 rings (SSSR count). The predicted octanol–water partition coefficient (Wildman–Crippen LogP) is -3.22. The van der Waals surface area contributed by atoms with Crippen LogP contribution in [-0.2, 0) is 18.7 Å². The van der Waals surface area contributed by atoms with E-state index in [1.807, 2.05) is 0 Å². The number of carboxylic acids is 1. The van der Waals surface area contributed by atoms with Crippen LogP contribution in [-0.4, -0.2) is 39.4 Å². The minimum absolute atomic E-state index is 1.10. The van der Waals surface area contributed by atoms with E-state index in [4.69, 9.17) is 14.9 Å². The summed E-state index contributed by atoms with van der Waals surface area (Å²) >= 11 is 0. The Kier molecular flexibility index (Phi) is 4.18. The zero-order valence-electron chi connectivity index (χ0n) is 6.11. The molecule has 0 aromatic rings. The van der Waals surface area contributed by atoms with Gasteiger partial charge in [-0.2, -0.15) is 0 Å². The summed E-state index contributed by atoms with van der Waals surface area (Å²) in [5.74, 6) is -3.85. The molecule has 0 heterocycles. The number of phosphoric ester groups is 1. The number of hydrogen-bond donors (Lipinski definition) is 3. The minimum Gasteiger partial charge on any atom is -0.542 e. The number of aliphatic hydroxyl groups excluding tert-OH is 1. The molecule has 1 unspecified atom stereocenters. The molecule has 0 amide bonds. The number of hydrogen-bond acceptors (Lipinski definition) is 6. The molecule has 0 fully saturated rings. The molecular formula is C4H6O8P-. The SMILES string of the molecule is O=C([O-])C(=O)C(O)COP(=O)(O)O. The van der Waals surface area contributed by atoms with Gasteiger partial charge in [0.15, 0.2) is 0 Å². The number of carbonyl (C=O) groups is 2. The molecule has 13 heavy (non-hydrogen) atoms. The van der Waals surface area contributed by atoms with Gasteiger partial charge in [0.2, 0.25) is 5.78 Å². The van der Waals surface area contributed by atoms with E-state index in [-0.39, 0.29) is 0 Å². The lowest BCUT2D eigenvalue weighted by molar-refractivity contribution is -0.301. The molecule has 8 nitrogen and oxygen atoms in total. The third-order valence-electron chi connectivity index (χ3n) is 0.904. The highest BCUT2D eigenvalue weighted by Crippen LogP contribution is 2.35. The van der Waals surface area contributed by atoms with Crippen LogP contribution in [0.25, 0.3) is 0 Å².